The lowest BCUT2D eigenvalue weighted by Gasteiger charge is -2.10. The topological polar surface area (TPSA) is 57.1 Å². The van der Waals surface area contributed by atoms with Crippen LogP contribution >= 0.6 is 12.2 Å². The van der Waals surface area contributed by atoms with Gasteiger partial charge in [-0.2, -0.15) is 5.26 Å². The minimum atomic E-state index is 0.587. The van der Waals surface area contributed by atoms with Gasteiger partial charge in [0.15, 0.2) is 5.11 Å². The molecule has 0 spiro atoms. The third-order valence-corrected chi connectivity index (χ3v) is 2.39. The molecule has 0 aliphatic heterocycles. The van der Waals surface area contributed by atoms with Crippen LogP contribution in [-0.2, 0) is 11.3 Å². The Labute approximate surface area is 107 Å². The fraction of sp³-hybridized carbons (Fsp3) is 0.333. The van der Waals surface area contributed by atoms with E-state index in [4.69, 9.17) is 22.2 Å². The molecule has 0 radical (unpaired) electrons. The standard InChI is InChI=1S/C12H15N3OS/c1-16-6-5-14-12(17)15-9-11-4-2-3-10(7-11)8-13/h2-4,7H,5-6,9H2,1H3,(H2,14,15,17). The predicted molar refractivity (Wildman–Crippen MR) is 70.5 cm³/mol. The van der Waals surface area contributed by atoms with Gasteiger partial charge in [-0.05, 0) is 29.9 Å². The van der Waals surface area contributed by atoms with Crippen LogP contribution in [0.25, 0.3) is 0 Å². The van der Waals surface area contributed by atoms with Crippen molar-refractivity contribution in [3.63, 3.8) is 0 Å². The number of hydrogen-bond acceptors (Lipinski definition) is 3. The summed E-state index contributed by atoms with van der Waals surface area (Å²) in [6, 6.07) is 9.53. The SMILES string of the molecule is COCCNC(=S)NCc1cccc(C#N)c1. The van der Waals surface area contributed by atoms with Crippen LogP contribution in [0.1, 0.15) is 11.1 Å². The van der Waals surface area contributed by atoms with Crippen molar-refractivity contribution < 1.29 is 4.74 Å². The van der Waals surface area contributed by atoms with Gasteiger partial charge in [-0.25, -0.2) is 0 Å². The zero-order valence-electron chi connectivity index (χ0n) is 9.69. The Morgan fingerprint density at radius 3 is 3.00 bits per heavy atom. The molecule has 2 N–H and O–H groups in total. The summed E-state index contributed by atoms with van der Waals surface area (Å²) in [5.41, 5.74) is 1.68. The van der Waals surface area contributed by atoms with E-state index in [1.807, 2.05) is 18.2 Å². The molecule has 0 amide bonds. The van der Waals surface area contributed by atoms with E-state index in [0.29, 0.717) is 30.4 Å². The Hall–Kier alpha value is -1.64. The lowest BCUT2D eigenvalue weighted by molar-refractivity contribution is 0.204. The van der Waals surface area contributed by atoms with Crippen molar-refractivity contribution in [1.29, 1.82) is 5.26 Å². The number of thiocarbonyl (C=S) groups is 1. The Balaban J connectivity index is 2.34. The Morgan fingerprint density at radius 1 is 1.47 bits per heavy atom. The van der Waals surface area contributed by atoms with Crippen LogP contribution in [0.5, 0.6) is 0 Å². The first-order chi connectivity index (χ1) is 8.26. The van der Waals surface area contributed by atoms with E-state index < -0.39 is 0 Å². The van der Waals surface area contributed by atoms with E-state index >= 15 is 0 Å². The highest BCUT2D eigenvalue weighted by Gasteiger charge is 1.97. The molecular weight excluding hydrogens is 234 g/mol. The molecule has 1 rings (SSSR count). The average Bonchev–Trinajstić information content (AvgIpc) is 2.37. The second-order valence-electron chi connectivity index (χ2n) is 3.41. The maximum atomic E-state index is 8.76. The zero-order valence-corrected chi connectivity index (χ0v) is 10.5. The fourth-order valence-corrected chi connectivity index (χ4v) is 1.44. The van der Waals surface area contributed by atoms with Gasteiger partial charge in [0, 0.05) is 20.2 Å². The van der Waals surface area contributed by atoms with Gasteiger partial charge in [-0.1, -0.05) is 12.1 Å². The summed E-state index contributed by atoms with van der Waals surface area (Å²) in [6.07, 6.45) is 0. The molecule has 4 nitrogen and oxygen atoms in total. The summed E-state index contributed by atoms with van der Waals surface area (Å²) in [6.45, 7) is 1.90. The monoisotopic (exact) mass is 249 g/mol. The fourth-order valence-electron chi connectivity index (χ4n) is 1.26. The van der Waals surface area contributed by atoms with E-state index in [-0.39, 0.29) is 0 Å². The largest absolute Gasteiger partial charge is 0.383 e. The van der Waals surface area contributed by atoms with Crippen LogP contribution in [0.4, 0.5) is 0 Å². The molecule has 90 valence electrons. The quantitative estimate of drug-likeness (QED) is 0.606. The smallest absolute Gasteiger partial charge is 0.166 e. The summed E-state index contributed by atoms with van der Waals surface area (Å²) < 4.78 is 4.90. The lowest BCUT2D eigenvalue weighted by Crippen LogP contribution is -2.36. The van der Waals surface area contributed by atoms with Gasteiger partial charge >= 0.3 is 0 Å². The molecule has 5 heteroatoms. The second kappa shape index (κ2) is 7.60. The van der Waals surface area contributed by atoms with Gasteiger partial charge < -0.3 is 15.4 Å². The van der Waals surface area contributed by atoms with Crippen molar-refractivity contribution in [2.45, 2.75) is 6.54 Å². The Morgan fingerprint density at radius 2 is 2.29 bits per heavy atom. The molecule has 17 heavy (non-hydrogen) atoms. The minimum absolute atomic E-state index is 0.587. The number of nitrogens with one attached hydrogen (secondary N) is 2. The Bertz CT molecular complexity index is 414. The first kappa shape index (κ1) is 13.4. The van der Waals surface area contributed by atoms with Crippen LogP contribution in [0, 0.1) is 11.3 Å². The first-order valence-electron chi connectivity index (χ1n) is 5.26. The van der Waals surface area contributed by atoms with Gasteiger partial charge in [0.2, 0.25) is 0 Å². The predicted octanol–water partition coefficient (Wildman–Crippen LogP) is 1.17. The van der Waals surface area contributed by atoms with Crippen molar-refractivity contribution in [1.82, 2.24) is 10.6 Å². The number of methoxy groups -OCH3 is 1. The van der Waals surface area contributed by atoms with Gasteiger partial charge in [-0.15, -0.1) is 0 Å². The summed E-state index contributed by atoms with van der Waals surface area (Å²) in [5, 5.41) is 15.4. The van der Waals surface area contributed by atoms with Crippen LogP contribution in [0.3, 0.4) is 0 Å². The number of benzene rings is 1. The van der Waals surface area contributed by atoms with Crippen LogP contribution in [-0.4, -0.2) is 25.4 Å². The lowest BCUT2D eigenvalue weighted by atomic mass is 10.1. The molecule has 1 aromatic rings. The van der Waals surface area contributed by atoms with Crippen LogP contribution in [0.2, 0.25) is 0 Å². The van der Waals surface area contributed by atoms with E-state index in [0.717, 1.165) is 5.56 Å². The highest BCUT2D eigenvalue weighted by molar-refractivity contribution is 7.80. The third-order valence-electron chi connectivity index (χ3n) is 2.10. The summed E-state index contributed by atoms with van der Waals surface area (Å²) in [4.78, 5) is 0. The van der Waals surface area contributed by atoms with E-state index in [1.54, 1.807) is 13.2 Å². The molecule has 0 aliphatic rings. The first-order valence-corrected chi connectivity index (χ1v) is 5.66. The molecule has 0 aliphatic carbocycles. The van der Waals surface area contributed by atoms with Crippen molar-refractivity contribution in [2.24, 2.45) is 0 Å². The number of ether oxygens (including phenoxy) is 1. The minimum Gasteiger partial charge on any atom is -0.383 e. The molecule has 0 bridgehead atoms. The second-order valence-corrected chi connectivity index (χ2v) is 3.82. The van der Waals surface area contributed by atoms with Crippen molar-refractivity contribution in [3.8, 4) is 6.07 Å². The number of rotatable bonds is 5. The highest BCUT2D eigenvalue weighted by atomic mass is 32.1. The molecule has 0 saturated carbocycles. The van der Waals surface area contributed by atoms with E-state index in [2.05, 4.69) is 16.7 Å². The van der Waals surface area contributed by atoms with Gasteiger partial charge in [0.05, 0.1) is 18.2 Å². The van der Waals surface area contributed by atoms with Gasteiger partial charge in [-0.3, -0.25) is 0 Å². The Kier molecular flexibility index (Phi) is 6.00. The molecule has 0 fully saturated rings. The summed E-state index contributed by atoms with van der Waals surface area (Å²) >= 11 is 5.08. The van der Waals surface area contributed by atoms with E-state index in [9.17, 15) is 0 Å². The maximum Gasteiger partial charge on any atom is 0.166 e. The molecule has 1 aromatic carbocycles. The van der Waals surface area contributed by atoms with Crippen molar-refractivity contribution in [2.75, 3.05) is 20.3 Å². The summed E-state index contributed by atoms with van der Waals surface area (Å²) in [7, 11) is 1.64. The third kappa shape index (κ3) is 5.29. The van der Waals surface area contributed by atoms with Gasteiger partial charge in [0.1, 0.15) is 0 Å². The maximum absolute atomic E-state index is 8.76. The molecular formula is C12H15N3OS. The van der Waals surface area contributed by atoms with Crippen molar-refractivity contribution >= 4 is 17.3 Å². The zero-order chi connectivity index (χ0) is 12.5. The molecule has 0 aromatic heterocycles. The number of nitriles is 1. The number of hydrogen-bond donors (Lipinski definition) is 2. The highest BCUT2D eigenvalue weighted by Crippen LogP contribution is 2.03. The molecule has 0 saturated heterocycles. The van der Waals surface area contributed by atoms with Crippen LogP contribution in [0.15, 0.2) is 24.3 Å². The van der Waals surface area contributed by atoms with E-state index in [1.165, 1.54) is 0 Å². The van der Waals surface area contributed by atoms with Crippen molar-refractivity contribution in [3.05, 3.63) is 35.4 Å². The molecule has 0 heterocycles. The summed E-state index contributed by atoms with van der Waals surface area (Å²) in [5.74, 6) is 0. The number of nitrogens with zero attached hydrogens (tertiary/aromatic N) is 1. The van der Waals surface area contributed by atoms with Gasteiger partial charge in [0.25, 0.3) is 0 Å². The normalized spacial score (nSPS) is 9.41. The molecule has 0 unspecified atom stereocenters. The molecule has 0 atom stereocenters. The van der Waals surface area contributed by atoms with Crippen LogP contribution < -0.4 is 10.6 Å². The average molecular weight is 249 g/mol.